The van der Waals surface area contributed by atoms with Crippen molar-refractivity contribution >= 4 is 28.3 Å². The molecule has 0 aliphatic rings. The van der Waals surface area contributed by atoms with Gasteiger partial charge in [-0.15, -0.1) is 11.3 Å². The minimum absolute atomic E-state index is 0.298. The highest BCUT2D eigenvalue weighted by molar-refractivity contribution is 7.13. The third-order valence-corrected chi connectivity index (χ3v) is 5.57. The van der Waals surface area contributed by atoms with Crippen LogP contribution in [0.2, 0.25) is 0 Å². The summed E-state index contributed by atoms with van der Waals surface area (Å²) in [6.45, 7) is 15.0. The Morgan fingerprint density at radius 1 is 1.11 bits per heavy atom. The van der Waals surface area contributed by atoms with Gasteiger partial charge in [0.2, 0.25) is 0 Å². The van der Waals surface area contributed by atoms with Crippen molar-refractivity contribution in [1.29, 1.82) is 0 Å². The van der Waals surface area contributed by atoms with Gasteiger partial charge >= 0.3 is 0 Å². The van der Waals surface area contributed by atoms with E-state index in [0.717, 1.165) is 40.8 Å². The first kappa shape index (κ1) is 19.8. The molecule has 0 bridgehead atoms. The summed E-state index contributed by atoms with van der Waals surface area (Å²) in [5, 5.41) is 5.57. The topological polar surface area (TPSA) is 58.9 Å². The van der Waals surface area contributed by atoms with Crippen LogP contribution in [-0.2, 0) is 0 Å². The molecule has 0 atom stereocenters. The monoisotopic (exact) mass is 386 g/mol. The van der Waals surface area contributed by atoms with Gasteiger partial charge in [0.25, 0.3) is 0 Å². The van der Waals surface area contributed by atoms with Gasteiger partial charge in [-0.1, -0.05) is 6.07 Å². The third-order valence-electron chi connectivity index (χ3n) is 4.71. The minimum Gasteiger partial charge on any atom is -0.367 e. The highest BCUT2D eigenvalue weighted by Crippen LogP contribution is 2.28. The zero-order chi connectivity index (χ0) is 19.6. The molecule has 0 spiro atoms. The summed E-state index contributed by atoms with van der Waals surface area (Å²) >= 11 is 1.66. The number of thiophene rings is 1. The molecule has 27 heavy (non-hydrogen) atoms. The summed E-state index contributed by atoms with van der Waals surface area (Å²) in [7, 11) is 0. The Labute approximate surface area is 165 Å². The van der Waals surface area contributed by atoms with E-state index in [1.165, 1.54) is 0 Å². The number of hydrogen-bond donors (Lipinski definition) is 1. The van der Waals surface area contributed by atoms with Crippen LogP contribution < -0.4 is 5.32 Å². The second kappa shape index (κ2) is 8.35. The van der Waals surface area contributed by atoms with Crippen molar-refractivity contribution in [2.75, 3.05) is 18.4 Å². The van der Waals surface area contributed by atoms with Crippen molar-refractivity contribution < 1.29 is 0 Å². The maximum atomic E-state index is 4.81. The molecule has 0 amide bonds. The fourth-order valence-electron chi connectivity index (χ4n) is 3.35. The lowest BCUT2D eigenvalue weighted by Crippen LogP contribution is -2.40. The summed E-state index contributed by atoms with van der Waals surface area (Å²) in [4.78, 5) is 17.7. The fourth-order valence-corrected chi connectivity index (χ4v) is 4.01. The summed E-state index contributed by atoms with van der Waals surface area (Å²) in [5.74, 6) is 1.57. The summed E-state index contributed by atoms with van der Waals surface area (Å²) in [6.07, 6.45) is 1.86. The van der Waals surface area contributed by atoms with Gasteiger partial charge in [-0.3, -0.25) is 4.90 Å². The molecular weight excluding hydrogens is 356 g/mol. The SMILES string of the molecule is CC(C)N(CCNc1nc(-c2cccs2)nc2c1ncn2C(C)C)C(C)C. The zero-order valence-corrected chi connectivity index (χ0v) is 17.9. The molecule has 7 heteroatoms. The predicted molar refractivity (Wildman–Crippen MR) is 114 cm³/mol. The van der Waals surface area contributed by atoms with Gasteiger partial charge in [-0.25, -0.2) is 15.0 Å². The van der Waals surface area contributed by atoms with Crippen LogP contribution in [-0.4, -0.2) is 49.6 Å². The van der Waals surface area contributed by atoms with Crippen molar-refractivity contribution in [3.05, 3.63) is 23.8 Å². The zero-order valence-electron chi connectivity index (χ0n) is 17.1. The normalized spacial score (nSPS) is 12.2. The largest absolute Gasteiger partial charge is 0.367 e. The first-order valence-corrected chi connectivity index (χ1v) is 10.5. The number of nitrogens with one attached hydrogen (secondary N) is 1. The Balaban J connectivity index is 1.91. The van der Waals surface area contributed by atoms with Crippen molar-refractivity contribution in [3.63, 3.8) is 0 Å². The van der Waals surface area contributed by atoms with E-state index in [2.05, 4.69) is 72.8 Å². The molecule has 3 aromatic rings. The van der Waals surface area contributed by atoms with Crippen LogP contribution in [0.5, 0.6) is 0 Å². The molecule has 0 fully saturated rings. The molecule has 0 unspecified atom stereocenters. The Bertz CT molecular complexity index is 858. The van der Waals surface area contributed by atoms with Crippen LogP contribution in [0.4, 0.5) is 5.82 Å². The molecule has 146 valence electrons. The third kappa shape index (κ3) is 4.30. The Kier molecular flexibility index (Phi) is 6.11. The molecule has 1 N–H and O–H groups in total. The van der Waals surface area contributed by atoms with Crippen LogP contribution in [0.25, 0.3) is 21.9 Å². The van der Waals surface area contributed by atoms with E-state index in [1.54, 1.807) is 11.3 Å². The quantitative estimate of drug-likeness (QED) is 0.610. The molecule has 0 aliphatic carbocycles. The predicted octanol–water partition coefficient (Wildman–Crippen LogP) is 4.67. The van der Waals surface area contributed by atoms with Crippen LogP contribution in [0, 0.1) is 0 Å². The van der Waals surface area contributed by atoms with E-state index in [0.29, 0.717) is 18.1 Å². The molecule has 6 nitrogen and oxygen atoms in total. The molecule has 0 saturated heterocycles. The first-order valence-electron chi connectivity index (χ1n) is 9.66. The number of aromatic nitrogens is 4. The number of hydrogen-bond acceptors (Lipinski definition) is 6. The average Bonchev–Trinajstić information content (AvgIpc) is 3.26. The molecule has 3 heterocycles. The highest BCUT2D eigenvalue weighted by atomic mass is 32.1. The lowest BCUT2D eigenvalue weighted by Gasteiger charge is -2.30. The number of imidazole rings is 1. The van der Waals surface area contributed by atoms with E-state index >= 15 is 0 Å². The Morgan fingerprint density at radius 3 is 2.44 bits per heavy atom. The van der Waals surface area contributed by atoms with E-state index in [4.69, 9.17) is 9.97 Å². The molecule has 3 rings (SSSR count). The molecule has 0 radical (unpaired) electrons. The van der Waals surface area contributed by atoms with Crippen LogP contribution >= 0.6 is 11.3 Å². The number of nitrogens with zero attached hydrogens (tertiary/aromatic N) is 5. The lowest BCUT2D eigenvalue weighted by molar-refractivity contribution is 0.182. The van der Waals surface area contributed by atoms with Crippen LogP contribution in [0.3, 0.4) is 0 Å². The molecule has 0 aliphatic heterocycles. The van der Waals surface area contributed by atoms with E-state index in [1.807, 2.05) is 12.4 Å². The molecule has 3 aromatic heterocycles. The van der Waals surface area contributed by atoms with Gasteiger partial charge < -0.3 is 9.88 Å². The van der Waals surface area contributed by atoms with Crippen molar-refractivity contribution in [2.45, 2.75) is 59.7 Å². The maximum Gasteiger partial charge on any atom is 0.173 e. The van der Waals surface area contributed by atoms with Gasteiger partial charge in [-0.05, 0) is 53.0 Å². The van der Waals surface area contributed by atoms with Gasteiger partial charge in [0, 0.05) is 31.2 Å². The Morgan fingerprint density at radius 2 is 1.85 bits per heavy atom. The van der Waals surface area contributed by atoms with Crippen molar-refractivity contribution in [2.24, 2.45) is 0 Å². The smallest absolute Gasteiger partial charge is 0.173 e. The summed E-state index contributed by atoms with van der Waals surface area (Å²) in [6, 6.07) is 5.42. The molecule has 0 aromatic carbocycles. The second-order valence-electron chi connectivity index (χ2n) is 7.64. The van der Waals surface area contributed by atoms with Crippen molar-refractivity contribution in [1.82, 2.24) is 24.4 Å². The van der Waals surface area contributed by atoms with Gasteiger partial charge in [0.05, 0.1) is 11.2 Å². The number of anilines is 1. The van der Waals surface area contributed by atoms with E-state index in [-0.39, 0.29) is 0 Å². The summed E-state index contributed by atoms with van der Waals surface area (Å²) < 4.78 is 2.10. The summed E-state index contributed by atoms with van der Waals surface area (Å²) in [5.41, 5.74) is 1.72. The number of rotatable bonds is 8. The average molecular weight is 387 g/mol. The fraction of sp³-hybridized carbons (Fsp3) is 0.550. The van der Waals surface area contributed by atoms with Crippen molar-refractivity contribution in [3.8, 4) is 10.7 Å². The highest BCUT2D eigenvalue weighted by Gasteiger charge is 2.17. The van der Waals surface area contributed by atoms with E-state index < -0.39 is 0 Å². The first-order chi connectivity index (χ1) is 12.9. The minimum atomic E-state index is 0.298. The van der Waals surface area contributed by atoms with Crippen LogP contribution in [0.15, 0.2) is 23.8 Å². The van der Waals surface area contributed by atoms with Gasteiger partial charge in [-0.2, -0.15) is 0 Å². The number of fused-ring (bicyclic) bond motifs is 1. The van der Waals surface area contributed by atoms with Crippen LogP contribution in [0.1, 0.15) is 47.6 Å². The standard InChI is InChI=1S/C20H30N6S/c1-13(2)25(14(3)4)10-9-21-19-17-20(26(12-22-17)15(5)6)24-18(23-19)16-8-7-11-27-16/h7-8,11-15H,9-10H2,1-6H3,(H,21,23,24). The maximum absolute atomic E-state index is 4.81. The molecular formula is C20H30N6S. The van der Waals surface area contributed by atoms with Gasteiger partial charge in [0.15, 0.2) is 17.3 Å². The Hall–Kier alpha value is -1.99. The lowest BCUT2D eigenvalue weighted by atomic mass is 10.2. The molecule has 0 saturated carbocycles. The van der Waals surface area contributed by atoms with E-state index in [9.17, 15) is 0 Å². The van der Waals surface area contributed by atoms with Gasteiger partial charge in [0.1, 0.15) is 5.52 Å². The second-order valence-corrected chi connectivity index (χ2v) is 8.59.